The Morgan fingerprint density at radius 1 is 0.438 bits per heavy atom. The molecule has 0 saturated heterocycles. The molecular weight excluding hydrogens is 400 g/mol. The summed E-state index contributed by atoms with van der Waals surface area (Å²) in [7, 11) is 0. The van der Waals surface area contributed by atoms with Gasteiger partial charge in [0, 0.05) is 0 Å². The Morgan fingerprint density at radius 3 is 1.16 bits per heavy atom. The number of phenols is 2. The van der Waals surface area contributed by atoms with Crippen LogP contribution in [0.25, 0.3) is 0 Å². The molecule has 0 spiro atoms. The molecule has 0 unspecified atom stereocenters. The summed E-state index contributed by atoms with van der Waals surface area (Å²) in [5, 5.41) is 20.9. The van der Waals surface area contributed by atoms with Crippen molar-refractivity contribution < 1.29 is 19.7 Å². The highest BCUT2D eigenvalue weighted by Gasteiger charge is 2.09. The zero-order chi connectivity index (χ0) is 21.9. The van der Waals surface area contributed by atoms with E-state index < -0.39 is 0 Å². The summed E-state index contributed by atoms with van der Waals surface area (Å²) in [5.74, 6) is 2.48. The van der Waals surface area contributed by atoms with Crippen LogP contribution in [0.1, 0.15) is 22.3 Å². The van der Waals surface area contributed by atoms with Gasteiger partial charge in [0.1, 0.15) is 11.5 Å². The van der Waals surface area contributed by atoms with Gasteiger partial charge in [0.15, 0.2) is 23.0 Å². The summed E-state index contributed by atoms with van der Waals surface area (Å²) in [6.45, 7) is 0. The Bertz CT molecular complexity index is 1130. The Hall–Kier alpha value is -3.92. The van der Waals surface area contributed by atoms with Gasteiger partial charge in [-0.2, -0.15) is 0 Å². The van der Waals surface area contributed by atoms with Gasteiger partial charge < -0.3 is 19.7 Å². The summed E-state index contributed by atoms with van der Waals surface area (Å²) >= 11 is 0. The fourth-order valence-corrected chi connectivity index (χ4v) is 3.89. The van der Waals surface area contributed by atoms with Gasteiger partial charge in [0.05, 0.1) is 0 Å². The van der Waals surface area contributed by atoms with E-state index in [4.69, 9.17) is 9.47 Å². The van der Waals surface area contributed by atoms with Crippen molar-refractivity contribution in [1.29, 1.82) is 0 Å². The molecular formula is C28H24O4. The fraction of sp³-hybridized carbons (Fsp3) is 0.143. The third-order valence-electron chi connectivity index (χ3n) is 5.75. The number of ether oxygens (including phenoxy) is 2. The van der Waals surface area contributed by atoms with Crippen LogP contribution in [0.2, 0.25) is 0 Å². The van der Waals surface area contributed by atoms with Crippen molar-refractivity contribution in [1.82, 2.24) is 0 Å². The van der Waals surface area contributed by atoms with Crippen molar-refractivity contribution in [3.8, 4) is 34.5 Å². The van der Waals surface area contributed by atoms with Crippen molar-refractivity contribution >= 4 is 0 Å². The number of aryl methyl sites for hydroxylation is 4. The van der Waals surface area contributed by atoms with Gasteiger partial charge in [-0.1, -0.05) is 36.4 Å². The van der Waals surface area contributed by atoms with Crippen LogP contribution in [0.5, 0.6) is 34.5 Å². The normalized spacial score (nSPS) is 13.2. The minimum Gasteiger partial charge on any atom is -0.504 e. The molecule has 4 nitrogen and oxygen atoms in total. The second-order valence-electron chi connectivity index (χ2n) is 8.10. The number of hydrogen-bond acceptors (Lipinski definition) is 4. The lowest BCUT2D eigenvalue weighted by Gasteiger charge is -2.12. The first-order valence-corrected chi connectivity index (χ1v) is 10.8. The molecule has 0 amide bonds. The number of phenolic OH excluding ortho intramolecular Hbond substituents is 2. The molecule has 4 aromatic carbocycles. The lowest BCUT2D eigenvalue weighted by Crippen LogP contribution is -1.95. The van der Waals surface area contributed by atoms with E-state index >= 15 is 0 Å². The molecule has 160 valence electrons. The maximum Gasteiger partial charge on any atom is 0.169 e. The molecule has 0 aromatic heterocycles. The molecule has 4 heteroatoms. The average molecular weight is 424 g/mol. The molecule has 2 N–H and O–H groups in total. The maximum atomic E-state index is 10.4. The maximum absolute atomic E-state index is 10.4. The van der Waals surface area contributed by atoms with Gasteiger partial charge >= 0.3 is 0 Å². The number of hydrogen-bond donors (Lipinski definition) is 2. The van der Waals surface area contributed by atoms with Crippen molar-refractivity contribution in [3.05, 3.63) is 107 Å². The minimum absolute atomic E-state index is 0.114. The summed E-state index contributed by atoms with van der Waals surface area (Å²) in [6.07, 6.45) is 3.26. The molecule has 10 heterocycles. The summed E-state index contributed by atoms with van der Waals surface area (Å²) in [5.41, 5.74) is 4.41. The minimum atomic E-state index is 0.114. The van der Waals surface area contributed by atoms with Crippen LogP contribution in [-0.2, 0) is 25.7 Å². The average Bonchev–Trinajstić information content (AvgIpc) is 2.81. The van der Waals surface area contributed by atoms with Gasteiger partial charge in [-0.25, -0.2) is 0 Å². The molecule has 10 aliphatic rings. The predicted octanol–water partition coefficient (Wildman–Crippen LogP) is 6.57. The number of rotatable bonds is 0. The molecule has 4 aromatic rings. The van der Waals surface area contributed by atoms with Crippen LogP contribution >= 0.6 is 0 Å². The van der Waals surface area contributed by atoms with Crippen LogP contribution < -0.4 is 9.47 Å². The van der Waals surface area contributed by atoms with Crippen LogP contribution in [0.4, 0.5) is 0 Å². The zero-order valence-electron chi connectivity index (χ0n) is 17.6. The first kappa shape index (κ1) is 20.0. The van der Waals surface area contributed by atoms with E-state index in [1.54, 1.807) is 24.3 Å². The Kier molecular flexibility index (Phi) is 5.42. The van der Waals surface area contributed by atoms with Crippen LogP contribution in [0.3, 0.4) is 0 Å². The van der Waals surface area contributed by atoms with E-state index in [2.05, 4.69) is 24.3 Å². The Balaban J connectivity index is 1.46. The van der Waals surface area contributed by atoms with Gasteiger partial charge in [0.2, 0.25) is 0 Å². The quantitative estimate of drug-likeness (QED) is 0.335. The molecule has 0 saturated carbocycles. The van der Waals surface area contributed by atoms with E-state index in [0.717, 1.165) is 36.8 Å². The first-order valence-electron chi connectivity index (χ1n) is 10.8. The second-order valence-corrected chi connectivity index (χ2v) is 8.10. The Labute approximate surface area is 187 Å². The molecule has 14 rings (SSSR count). The Morgan fingerprint density at radius 2 is 0.781 bits per heavy atom. The van der Waals surface area contributed by atoms with E-state index in [0.29, 0.717) is 23.0 Å². The second kappa shape index (κ2) is 8.67. The lowest BCUT2D eigenvalue weighted by molar-refractivity contribution is 0.410. The van der Waals surface area contributed by atoms with Crippen molar-refractivity contribution in [2.24, 2.45) is 0 Å². The van der Waals surface area contributed by atoms with Gasteiger partial charge in [-0.15, -0.1) is 0 Å². The molecule has 10 aliphatic heterocycles. The molecule has 32 heavy (non-hydrogen) atoms. The lowest BCUT2D eigenvalue weighted by atomic mass is 10.0. The van der Waals surface area contributed by atoms with Gasteiger partial charge in [-0.05, 0) is 96.5 Å². The molecule has 0 fully saturated rings. The molecule has 0 aliphatic carbocycles. The van der Waals surface area contributed by atoms with E-state index in [1.165, 1.54) is 11.1 Å². The smallest absolute Gasteiger partial charge is 0.169 e. The largest absolute Gasteiger partial charge is 0.504 e. The summed E-state index contributed by atoms with van der Waals surface area (Å²) in [4.78, 5) is 0. The number of aromatic hydroxyl groups is 2. The third kappa shape index (κ3) is 4.54. The molecule has 0 atom stereocenters. The highest BCUT2D eigenvalue weighted by atomic mass is 16.5. The predicted molar refractivity (Wildman–Crippen MR) is 124 cm³/mol. The number of benzene rings is 4. The van der Waals surface area contributed by atoms with Crippen LogP contribution in [0.15, 0.2) is 84.9 Å². The first-order chi connectivity index (χ1) is 15.6. The third-order valence-corrected chi connectivity index (χ3v) is 5.75. The highest BCUT2D eigenvalue weighted by molar-refractivity contribution is 5.47. The SMILES string of the molecule is Oc1cc2ccc1Oc1ccc(cc1)CCc1ccc(cc1)Oc1ccc(cc1O)CC2. The summed E-state index contributed by atoms with van der Waals surface area (Å²) < 4.78 is 11.8. The van der Waals surface area contributed by atoms with Gasteiger partial charge in [0.25, 0.3) is 0 Å². The standard InChI is InChI=1S/C28H24O4/c29-25-17-21-3-4-22-10-16-28(26(30)18-22)32-24-13-7-20(8-14-24)2-1-19-5-11-23(12-6-19)31-27(25)15-9-21/h5-18,29-30H,1-4H2. The van der Waals surface area contributed by atoms with Crippen LogP contribution in [0, 0.1) is 0 Å². The van der Waals surface area contributed by atoms with Crippen molar-refractivity contribution in [2.75, 3.05) is 0 Å². The van der Waals surface area contributed by atoms with Crippen LogP contribution in [-0.4, -0.2) is 10.2 Å². The van der Waals surface area contributed by atoms with E-state index in [9.17, 15) is 10.2 Å². The van der Waals surface area contributed by atoms with E-state index in [-0.39, 0.29) is 11.5 Å². The monoisotopic (exact) mass is 424 g/mol. The summed E-state index contributed by atoms with van der Waals surface area (Å²) in [6, 6.07) is 26.9. The van der Waals surface area contributed by atoms with Crippen molar-refractivity contribution in [3.63, 3.8) is 0 Å². The zero-order valence-corrected chi connectivity index (χ0v) is 17.6. The topological polar surface area (TPSA) is 58.9 Å². The molecule has 8 bridgehead atoms. The van der Waals surface area contributed by atoms with Crippen molar-refractivity contribution in [2.45, 2.75) is 25.7 Å². The van der Waals surface area contributed by atoms with Gasteiger partial charge in [-0.3, -0.25) is 0 Å². The fourth-order valence-electron chi connectivity index (χ4n) is 3.89. The molecule has 0 radical (unpaired) electrons. The highest BCUT2D eigenvalue weighted by Crippen LogP contribution is 2.34. The van der Waals surface area contributed by atoms with E-state index in [1.807, 2.05) is 36.4 Å².